The average molecular weight is 250 g/mol. The molecule has 17 heavy (non-hydrogen) atoms. The number of carbonyl (C=O) groups excluding carboxylic acids is 1. The number of halogens is 1. The van der Waals surface area contributed by atoms with Crippen LogP contribution in [0.4, 0.5) is 0 Å². The number of hydrogen-bond donors (Lipinski definition) is 0. The van der Waals surface area contributed by atoms with Gasteiger partial charge in [0, 0.05) is 18.7 Å². The minimum Gasteiger partial charge on any atom is -0.337 e. The van der Waals surface area contributed by atoms with Gasteiger partial charge in [-0.2, -0.15) is 0 Å². The van der Waals surface area contributed by atoms with Gasteiger partial charge in [-0.25, -0.2) is 0 Å². The molecule has 90 valence electrons. The zero-order valence-corrected chi connectivity index (χ0v) is 10.5. The number of carbonyl (C=O) groups is 1. The van der Waals surface area contributed by atoms with Crippen LogP contribution in [-0.2, 0) is 12.8 Å². The third kappa shape index (κ3) is 2.06. The second-order valence-corrected chi connectivity index (χ2v) is 5.59. The maximum atomic E-state index is 12.3. The molecular weight excluding hydrogens is 234 g/mol. The normalized spacial score (nSPS) is 22.9. The molecule has 0 spiro atoms. The van der Waals surface area contributed by atoms with Crippen molar-refractivity contribution in [2.24, 2.45) is 0 Å². The number of rotatable bonds is 1. The highest BCUT2D eigenvalue weighted by Crippen LogP contribution is 2.24. The smallest absolute Gasteiger partial charge is 0.253 e. The summed E-state index contributed by atoms with van der Waals surface area (Å²) in [6.07, 6.45) is 4.42. The zero-order chi connectivity index (χ0) is 11.8. The summed E-state index contributed by atoms with van der Waals surface area (Å²) in [6, 6.07) is 6.16. The van der Waals surface area contributed by atoms with Crippen LogP contribution in [0.2, 0.25) is 0 Å². The number of likely N-dealkylation sites (tertiary alicyclic amines) is 1. The van der Waals surface area contributed by atoms with E-state index in [4.69, 9.17) is 11.6 Å². The van der Waals surface area contributed by atoms with E-state index < -0.39 is 0 Å². The van der Waals surface area contributed by atoms with Crippen LogP contribution >= 0.6 is 11.6 Å². The molecule has 3 rings (SSSR count). The van der Waals surface area contributed by atoms with E-state index in [-0.39, 0.29) is 11.3 Å². The van der Waals surface area contributed by atoms with E-state index in [1.807, 2.05) is 11.0 Å². The fourth-order valence-electron chi connectivity index (χ4n) is 2.79. The molecule has 1 heterocycles. The van der Waals surface area contributed by atoms with Gasteiger partial charge < -0.3 is 4.90 Å². The molecule has 1 aromatic carbocycles. The summed E-state index contributed by atoms with van der Waals surface area (Å²) in [5, 5.41) is 0.133. The van der Waals surface area contributed by atoms with Crippen LogP contribution in [0.25, 0.3) is 0 Å². The van der Waals surface area contributed by atoms with Gasteiger partial charge in [-0.05, 0) is 48.9 Å². The Hall–Kier alpha value is -1.02. The van der Waals surface area contributed by atoms with E-state index in [9.17, 15) is 4.79 Å². The van der Waals surface area contributed by atoms with Crippen molar-refractivity contribution in [1.29, 1.82) is 0 Å². The summed E-state index contributed by atoms with van der Waals surface area (Å²) in [5.41, 5.74) is 3.60. The molecule has 2 aliphatic rings. The lowest BCUT2D eigenvalue weighted by Crippen LogP contribution is -2.28. The molecule has 1 saturated heterocycles. The summed E-state index contributed by atoms with van der Waals surface area (Å²) in [5.74, 6) is 0.142. The first-order valence-electron chi connectivity index (χ1n) is 6.29. The molecule has 1 amide bonds. The van der Waals surface area contributed by atoms with Crippen molar-refractivity contribution in [2.45, 2.75) is 31.1 Å². The van der Waals surface area contributed by atoms with E-state index in [0.29, 0.717) is 6.54 Å². The maximum Gasteiger partial charge on any atom is 0.253 e. The van der Waals surface area contributed by atoms with Gasteiger partial charge in [0.15, 0.2) is 0 Å². The van der Waals surface area contributed by atoms with E-state index >= 15 is 0 Å². The third-order valence-electron chi connectivity index (χ3n) is 3.76. The summed E-state index contributed by atoms with van der Waals surface area (Å²) in [4.78, 5) is 14.1. The second-order valence-electron chi connectivity index (χ2n) is 4.97. The monoisotopic (exact) mass is 249 g/mol. The fraction of sp³-hybridized carbons (Fsp3) is 0.500. The Kier molecular flexibility index (Phi) is 2.83. The predicted octanol–water partition coefficient (Wildman–Crippen LogP) is 2.63. The number of aryl methyl sites for hydroxylation is 2. The van der Waals surface area contributed by atoms with Gasteiger partial charge in [-0.1, -0.05) is 6.07 Å². The van der Waals surface area contributed by atoms with Crippen LogP contribution in [0.5, 0.6) is 0 Å². The minimum atomic E-state index is 0.133. The molecule has 1 aliphatic carbocycles. The summed E-state index contributed by atoms with van der Waals surface area (Å²) < 4.78 is 0. The molecule has 3 heteroatoms. The number of amides is 1. The Labute approximate surface area is 107 Å². The Morgan fingerprint density at radius 2 is 2.12 bits per heavy atom. The molecule has 0 radical (unpaired) electrons. The van der Waals surface area contributed by atoms with Crippen LogP contribution in [0.15, 0.2) is 18.2 Å². The van der Waals surface area contributed by atoms with E-state index in [1.54, 1.807) is 0 Å². The number of alkyl halides is 1. The number of benzene rings is 1. The fourth-order valence-corrected chi connectivity index (χ4v) is 3.05. The highest BCUT2D eigenvalue weighted by molar-refractivity contribution is 6.21. The number of hydrogen-bond acceptors (Lipinski definition) is 1. The number of fused-ring (bicyclic) bond motifs is 1. The average Bonchev–Trinajstić information content (AvgIpc) is 2.95. The molecule has 0 saturated carbocycles. The first-order valence-corrected chi connectivity index (χ1v) is 6.73. The Bertz CT molecular complexity index is 458. The lowest BCUT2D eigenvalue weighted by Gasteiger charge is -2.16. The minimum absolute atomic E-state index is 0.133. The van der Waals surface area contributed by atoms with Crippen molar-refractivity contribution in [3.63, 3.8) is 0 Å². The molecule has 1 atom stereocenters. The molecule has 0 bridgehead atoms. The zero-order valence-electron chi connectivity index (χ0n) is 9.79. The Balaban J connectivity index is 1.82. The van der Waals surface area contributed by atoms with Crippen molar-refractivity contribution in [2.75, 3.05) is 13.1 Å². The van der Waals surface area contributed by atoms with Crippen molar-refractivity contribution >= 4 is 17.5 Å². The lowest BCUT2D eigenvalue weighted by molar-refractivity contribution is 0.0793. The van der Waals surface area contributed by atoms with E-state index in [0.717, 1.165) is 31.4 Å². The summed E-state index contributed by atoms with van der Waals surface area (Å²) >= 11 is 6.04. The standard InChI is InChI=1S/C14H16ClNO/c15-13-6-7-16(9-13)14(17)12-5-4-10-2-1-3-11(10)8-12/h4-5,8,13H,1-3,6-7,9H2. The van der Waals surface area contributed by atoms with Gasteiger partial charge in [0.05, 0.1) is 5.38 Å². The van der Waals surface area contributed by atoms with E-state index in [2.05, 4.69) is 12.1 Å². The molecule has 0 aromatic heterocycles. The van der Waals surface area contributed by atoms with Crippen LogP contribution in [0.3, 0.4) is 0 Å². The molecule has 1 aliphatic heterocycles. The van der Waals surface area contributed by atoms with Crippen molar-refractivity contribution in [3.05, 3.63) is 34.9 Å². The van der Waals surface area contributed by atoms with Gasteiger partial charge in [0.25, 0.3) is 5.91 Å². The van der Waals surface area contributed by atoms with Gasteiger partial charge in [0.2, 0.25) is 0 Å². The SMILES string of the molecule is O=C(c1ccc2c(c1)CCC2)N1CCC(Cl)C1. The molecule has 2 nitrogen and oxygen atoms in total. The molecule has 1 aromatic rings. The summed E-state index contributed by atoms with van der Waals surface area (Å²) in [6.45, 7) is 1.49. The number of nitrogens with zero attached hydrogens (tertiary/aromatic N) is 1. The van der Waals surface area contributed by atoms with Crippen molar-refractivity contribution in [1.82, 2.24) is 4.90 Å². The van der Waals surface area contributed by atoms with Gasteiger partial charge in [-0.15, -0.1) is 11.6 Å². The van der Waals surface area contributed by atoms with Crippen molar-refractivity contribution in [3.8, 4) is 0 Å². The van der Waals surface area contributed by atoms with Crippen molar-refractivity contribution < 1.29 is 4.79 Å². The van der Waals surface area contributed by atoms with Crippen LogP contribution in [-0.4, -0.2) is 29.3 Å². The molecular formula is C14H16ClNO. The molecule has 1 fully saturated rings. The predicted molar refractivity (Wildman–Crippen MR) is 68.6 cm³/mol. The summed E-state index contributed by atoms with van der Waals surface area (Å²) in [7, 11) is 0. The maximum absolute atomic E-state index is 12.3. The largest absolute Gasteiger partial charge is 0.337 e. The van der Waals surface area contributed by atoms with Gasteiger partial charge in [0.1, 0.15) is 0 Å². The quantitative estimate of drug-likeness (QED) is 0.701. The van der Waals surface area contributed by atoms with Crippen LogP contribution in [0, 0.1) is 0 Å². The van der Waals surface area contributed by atoms with Gasteiger partial charge >= 0.3 is 0 Å². The highest BCUT2D eigenvalue weighted by Gasteiger charge is 2.26. The van der Waals surface area contributed by atoms with Crippen LogP contribution in [0.1, 0.15) is 34.3 Å². The first kappa shape index (κ1) is 11.1. The second kappa shape index (κ2) is 4.34. The Morgan fingerprint density at radius 1 is 1.29 bits per heavy atom. The molecule has 1 unspecified atom stereocenters. The topological polar surface area (TPSA) is 20.3 Å². The van der Waals surface area contributed by atoms with Gasteiger partial charge in [-0.3, -0.25) is 4.79 Å². The first-order chi connectivity index (χ1) is 8.24. The Morgan fingerprint density at radius 3 is 2.88 bits per heavy atom. The van der Waals surface area contributed by atoms with Crippen LogP contribution < -0.4 is 0 Å². The lowest BCUT2D eigenvalue weighted by atomic mass is 10.1. The third-order valence-corrected chi connectivity index (χ3v) is 4.12. The highest BCUT2D eigenvalue weighted by atomic mass is 35.5. The molecule has 0 N–H and O–H groups in total. The van der Waals surface area contributed by atoms with E-state index in [1.165, 1.54) is 17.5 Å².